The molecule has 5 heteroatoms. The van der Waals surface area contributed by atoms with Crippen molar-refractivity contribution in [1.82, 2.24) is 0 Å². The summed E-state index contributed by atoms with van der Waals surface area (Å²) < 4.78 is 9.92. The molecule has 1 rings (SSSR count). The van der Waals surface area contributed by atoms with Crippen LogP contribution in [0.3, 0.4) is 0 Å². The zero-order valence-electron chi connectivity index (χ0n) is 12.0. The van der Waals surface area contributed by atoms with E-state index in [1.165, 1.54) is 0 Å². The van der Waals surface area contributed by atoms with E-state index < -0.39 is 11.9 Å². The predicted molar refractivity (Wildman–Crippen MR) is 76.8 cm³/mol. The number of nitrogens with zero attached hydrogens (tertiary/aromatic N) is 1. The molecule has 108 valence electrons. The number of hydrogen-bond donors (Lipinski definition) is 0. The predicted octanol–water partition coefficient (Wildman–Crippen LogP) is 2.03. The molecule has 1 aromatic carbocycles. The average Bonchev–Trinajstić information content (AvgIpc) is 2.42. The molecule has 0 amide bonds. The first kappa shape index (κ1) is 15.8. The van der Waals surface area contributed by atoms with Gasteiger partial charge in [-0.3, -0.25) is 0 Å². The van der Waals surface area contributed by atoms with Crippen molar-refractivity contribution >= 4 is 17.6 Å². The Kier molecular flexibility index (Phi) is 5.77. The van der Waals surface area contributed by atoms with Gasteiger partial charge in [0.1, 0.15) is 13.2 Å². The van der Waals surface area contributed by atoms with E-state index in [2.05, 4.69) is 6.58 Å². The maximum atomic E-state index is 11.9. The Labute approximate surface area is 118 Å². The summed E-state index contributed by atoms with van der Waals surface area (Å²) in [6, 6.07) is 7.14. The van der Waals surface area contributed by atoms with Crippen LogP contribution in [0.2, 0.25) is 0 Å². The van der Waals surface area contributed by atoms with Gasteiger partial charge < -0.3 is 14.4 Å². The van der Waals surface area contributed by atoms with E-state index in [-0.39, 0.29) is 13.2 Å². The minimum Gasteiger partial charge on any atom is -0.459 e. The number of para-hydroxylation sites is 1. The van der Waals surface area contributed by atoms with E-state index >= 15 is 0 Å². The van der Waals surface area contributed by atoms with Gasteiger partial charge in [-0.2, -0.15) is 0 Å². The Morgan fingerprint density at radius 2 is 1.75 bits per heavy atom. The molecule has 0 aliphatic heterocycles. The molecule has 0 N–H and O–H groups in total. The lowest BCUT2D eigenvalue weighted by Gasteiger charge is -2.16. The highest BCUT2D eigenvalue weighted by atomic mass is 16.6. The largest absolute Gasteiger partial charge is 0.459 e. The molecular weight excluding hydrogens is 258 g/mol. The van der Waals surface area contributed by atoms with Crippen molar-refractivity contribution in [3.8, 4) is 0 Å². The molecule has 5 nitrogen and oxygen atoms in total. The first-order chi connectivity index (χ1) is 9.43. The molecule has 0 heterocycles. The average molecular weight is 277 g/mol. The summed E-state index contributed by atoms with van der Waals surface area (Å²) in [4.78, 5) is 24.9. The van der Waals surface area contributed by atoms with E-state index in [1.54, 1.807) is 19.1 Å². The van der Waals surface area contributed by atoms with Crippen molar-refractivity contribution in [3.05, 3.63) is 42.0 Å². The number of carbonyl (C=O) groups is 2. The third-order valence-electron chi connectivity index (χ3n) is 2.50. The number of anilines is 1. The molecule has 0 aromatic heterocycles. The van der Waals surface area contributed by atoms with E-state index in [9.17, 15) is 9.59 Å². The van der Waals surface area contributed by atoms with E-state index in [4.69, 9.17) is 9.47 Å². The highest BCUT2D eigenvalue weighted by Crippen LogP contribution is 2.18. The van der Waals surface area contributed by atoms with E-state index in [0.717, 1.165) is 5.69 Å². The third-order valence-corrected chi connectivity index (χ3v) is 2.50. The van der Waals surface area contributed by atoms with Crippen LogP contribution < -0.4 is 4.90 Å². The maximum absolute atomic E-state index is 11.9. The Hall–Kier alpha value is -2.30. The summed E-state index contributed by atoms with van der Waals surface area (Å²) in [5.41, 5.74) is 1.56. The summed E-state index contributed by atoms with van der Waals surface area (Å²) in [6.45, 7) is 5.05. The van der Waals surface area contributed by atoms with Crippen LogP contribution in [-0.2, 0) is 14.3 Å². The lowest BCUT2D eigenvalue weighted by atomic mass is 10.1. The molecule has 0 spiro atoms. The summed E-state index contributed by atoms with van der Waals surface area (Å²) in [7, 11) is 3.70. The van der Waals surface area contributed by atoms with Crippen LogP contribution >= 0.6 is 0 Å². The molecule has 0 atom stereocenters. The van der Waals surface area contributed by atoms with Gasteiger partial charge in [0.05, 0.1) is 11.3 Å². The van der Waals surface area contributed by atoms with Crippen molar-refractivity contribution in [3.63, 3.8) is 0 Å². The molecule has 0 aliphatic rings. The van der Waals surface area contributed by atoms with Gasteiger partial charge in [0.25, 0.3) is 0 Å². The van der Waals surface area contributed by atoms with Crippen LogP contribution in [-0.4, -0.2) is 39.2 Å². The molecule has 0 aliphatic carbocycles. The highest BCUT2D eigenvalue weighted by Gasteiger charge is 2.13. The SMILES string of the molecule is C=C(C)C(=O)OCCOC(=O)c1ccccc1N(C)C. The molecule has 0 saturated heterocycles. The van der Waals surface area contributed by atoms with E-state index in [1.807, 2.05) is 31.1 Å². The summed E-state index contributed by atoms with van der Waals surface area (Å²) in [5, 5.41) is 0. The van der Waals surface area contributed by atoms with Crippen molar-refractivity contribution in [2.75, 3.05) is 32.2 Å². The normalized spacial score (nSPS) is 9.75. The second kappa shape index (κ2) is 7.33. The van der Waals surface area contributed by atoms with Crippen molar-refractivity contribution in [2.45, 2.75) is 6.92 Å². The van der Waals surface area contributed by atoms with Gasteiger partial charge >= 0.3 is 11.9 Å². The lowest BCUT2D eigenvalue weighted by molar-refractivity contribution is -0.140. The Bertz CT molecular complexity index is 508. The fourth-order valence-corrected chi connectivity index (χ4v) is 1.51. The molecule has 0 unspecified atom stereocenters. The summed E-state index contributed by atoms with van der Waals surface area (Å²) in [6.07, 6.45) is 0. The van der Waals surface area contributed by atoms with E-state index in [0.29, 0.717) is 11.1 Å². The van der Waals surface area contributed by atoms with Crippen molar-refractivity contribution in [1.29, 1.82) is 0 Å². The van der Waals surface area contributed by atoms with Crippen molar-refractivity contribution in [2.24, 2.45) is 0 Å². The first-order valence-electron chi connectivity index (χ1n) is 6.19. The first-order valence-corrected chi connectivity index (χ1v) is 6.19. The van der Waals surface area contributed by atoms with Crippen LogP contribution in [0.15, 0.2) is 36.4 Å². The Balaban J connectivity index is 2.52. The smallest absolute Gasteiger partial charge is 0.340 e. The number of esters is 2. The number of benzene rings is 1. The molecule has 20 heavy (non-hydrogen) atoms. The fraction of sp³-hybridized carbons (Fsp3) is 0.333. The number of carbonyl (C=O) groups excluding carboxylic acids is 2. The van der Waals surface area contributed by atoms with Crippen LogP contribution in [0.25, 0.3) is 0 Å². The van der Waals surface area contributed by atoms with Crippen LogP contribution in [0, 0.1) is 0 Å². The third kappa shape index (κ3) is 4.42. The maximum Gasteiger partial charge on any atom is 0.340 e. The lowest BCUT2D eigenvalue weighted by Crippen LogP contribution is -2.17. The molecule has 0 radical (unpaired) electrons. The molecule has 0 fully saturated rings. The fourth-order valence-electron chi connectivity index (χ4n) is 1.51. The standard InChI is InChI=1S/C15H19NO4/c1-11(2)14(17)19-9-10-20-15(18)12-7-5-6-8-13(12)16(3)4/h5-8H,1,9-10H2,2-4H3. The van der Waals surface area contributed by atoms with Gasteiger partial charge in [-0.25, -0.2) is 9.59 Å². The van der Waals surface area contributed by atoms with Gasteiger partial charge in [-0.05, 0) is 19.1 Å². The zero-order valence-corrected chi connectivity index (χ0v) is 12.0. The number of ether oxygens (including phenoxy) is 2. The topological polar surface area (TPSA) is 55.8 Å². The Morgan fingerprint density at radius 3 is 2.35 bits per heavy atom. The summed E-state index contributed by atoms with van der Waals surface area (Å²) >= 11 is 0. The van der Waals surface area contributed by atoms with Gasteiger partial charge in [0, 0.05) is 19.7 Å². The summed E-state index contributed by atoms with van der Waals surface area (Å²) in [5.74, 6) is -0.935. The molecule has 0 bridgehead atoms. The van der Waals surface area contributed by atoms with Crippen LogP contribution in [0.5, 0.6) is 0 Å². The van der Waals surface area contributed by atoms with Gasteiger partial charge in [-0.15, -0.1) is 0 Å². The second-order valence-electron chi connectivity index (χ2n) is 4.46. The van der Waals surface area contributed by atoms with Gasteiger partial charge in [0.2, 0.25) is 0 Å². The molecular formula is C15H19NO4. The van der Waals surface area contributed by atoms with Crippen LogP contribution in [0.4, 0.5) is 5.69 Å². The second-order valence-corrected chi connectivity index (χ2v) is 4.46. The monoisotopic (exact) mass is 277 g/mol. The van der Waals surface area contributed by atoms with Crippen LogP contribution in [0.1, 0.15) is 17.3 Å². The van der Waals surface area contributed by atoms with Gasteiger partial charge in [-0.1, -0.05) is 18.7 Å². The highest BCUT2D eigenvalue weighted by molar-refractivity contribution is 5.95. The minimum atomic E-state index is -0.491. The molecule has 1 aromatic rings. The zero-order chi connectivity index (χ0) is 15.1. The minimum absolute atomic E-state index is 0.0135. The Morgan fingerprint density at radius 1 is 1.15 bits per heavy atom. The van der Waals surface area contributed by atoms with Crippen molar-refractivity contribution < 1.29 is 19.1 Å². The number of hydrogen-bond acceptors (Lipinski definition) is 5. The number of rotatable bonds is 6. The molecule has 0 saturated carbocycles. The quantitative estimate of drug-likeness (QED) is 0.452. The van der Waals surface area contributed by atoms with Gasteiger partial charge in [0.15, 0.2) is 0 Å².